The smallest absolute Gasteiger partial charge is 0.263 e. The minimum atomic E-state index is -0.0875. The van der Waals surface area contributed by atoms with Gasteiger partial charge in [0, 0.05) is 25.9 Å². The summed E-state index contributed by atoms with van der Waals surface area (Å²) < 4.78 is 5.34. The molecule has 106 valence electrons. The number of carbonyl (C=O) groups is 1. The van der Waals surface area contributed by atoms with Gasteiger partial charge in [0.1, 0.15) is 4.88 Å². The van der Waals surface area contributed by atoms with Gasteiger partial charge < -0.3 is 15.2 Å². The number of hydrogen-bond acceptors (Lipinski definition) is 5. The predicted molar refractivity (Wildman–Crippen MR) is 73.4 cm³/mol. The number of rotatable bonds is 5. The zero-order valence-electron chi connectivity index (χ0n) is 11.1. The van der Waals surface area contributed by atoms with E-state index in [1.807, 2.05) is 6.92 Å². The van der Waals surface area contributed by atoms with Gasteiger partial charge in [-0.2, -0.15) is 0 Å². The molecule has 0 aliphatic carbocycles. The molecule has 19 heavy (non-hydrogen) atoms. The average Bonchev–Trinajstić information content (AvgIpc) is 2.86. The summed E-state index contributed by atoms with van der Waals surface area (Å²) in [7, 11) is 0. The third kappa shape index (κ3) is 3.99. The molecule has 1 amide bonds. The Balaban J connectivity index is 1.97. The van der Waals surface area contributed by atoms with E-state index >= 15 is 0 Å². The quantitative estimate of drug-likeness (QED) is 0.856. The van der Waals surface area contributed by atoms with Crippen LogP contribution in [0.1, 0.15) is 33.9 Å². The van der Waals surface area contributed by atoms with Crippen molar-refractivity contribution < 1.29 is 14.6 Å². The Morgan fingerprint density at radius 1 is 1.63 bits per heavy atom. The molecule has 2 N–H and O–H groups in total. The minimum absolute atomic E-state index is 0.0174. The number of nitrogens with zero attached hydrogens (tertiary/aromatic N) is 1. The van der Waals surface area contributed by atoms with E-state index in [1.54, 1.807) is 6.20 Å². The van der Waals surface area contributed by atoms with E-state index in [0.717, 1.165) is 31.1 Å². The SMILES string of the molecule is Cc1ncc(C(=O)NC(CCO)C2CCOCC2)s1. The van der Waals surface area contributed by atoms with Crippen LogP contribution in [-0.2, 0) is 4.74 Å². The highest BCUT2D eigenvalue weighted by Crippen LogP contribution is 2.21. The molecule has 2 rings (SSSR count). The van der Waals surface area contributed by atoms with Crippen molar-refractivity contribution in [1.82, 2.24) is 10.3 Å². The van der Waals surface area contributed by atoms with Gasteiger partial charge in [0.2, 0.25) is 0 Å². The number of nitrogens with one attached hydrogen (secondary N) is 1. The van der Waals surface area contributed by atoms with Gasteiger partial charge in [-0.05, 0) is 32.1 Å². The van der Waals surface area contributed by atoms with E-state index in [1.165, 1.54) is 11.3 Å². The van der Waals surface area contributed by atoms with Crippen molar-refractivity contribution in [3.05, 3.63) is 16.1 Å². The fraction of sp³-hybridized carbons (Fsp3) is 0.692. The van der Waals surface area contributed by atoms with Crippen LogP contribution in [0.2, 0.25) is 0 Å². The molecule has 0 radical (unpaired) electrons. The van der Waals surface area contributed by atoms with Crippen molar-refractivity contribution in [2.24, 2.45) is 5.92 Å². The molecule has 5 nitrogen and oxygen atoms in total. The Kier molecular flexibility index (Phi) is 5.30. The third-order valence-electron chi connectivity index (χ3n) is 3.44. The summed E-state index contributed by atoms with van der Waals surface area (Å²) >= 11 is 1.39. The molecule has 0 bridgehead atoms. The zero-order valence-corrected chi connectivity index (χ0v) is 11.9. The zero-order chi connectivity index (χ0) is 13.7. The van der Waals surface area contributed by atoms with Crippen LogP contribution in [0.25, 0.3) is 0 Å². The first-order valence-corrected chi connectivity index (χ1v) is 7.44. The Bertz CT molecular complexity index is 416. The van der Waals surface area contributed by atoms with E-state index in [2.05, 4.69) is 10.3 Å². The fourth-order valence-corrected chi connectivity index (χ4v) is 3.07. The van der Waals surface area contributed by atoms with Crippen molar-refractivity contribution in [3.63, 3.8) is 0 Å². The number of aliphatic hydroxyl groups excluding tert-OH is 1. The number of thiazole rings is 1. The summed E-state index contributed by atoms with van der Waals surface area (Å²) in [6, 6.07) is 0.0174. The van der Waals surface area contributed by atoms with Crippen LogP contribution >= 0.6 is 11.3 Å². The molecule has 6 heteroatoms. The molecule has 1 atom stereocenters. The largest absolute Gasteiger partial charge is 0.396 e. The normalized spacial score (nSPS) is 18.2. The van der Waals surface area contributed by atoms with Crippen molar-refractivity contribution >= 4 is 17.2 Å². The number of aryl methyl sites for hydroxylation is 1. The summed E-state index contributed by atoms with van der Waals surface area (Å²) in [6.07, 6.45) is 4.07. The fourth-order valence-electron chi connectivity index (χ4n) is 2.39. The molecule has 0 aromatic carbocycles. The molecule has 1 aliphatic rings. The van der Waals surface area contributed by atoms with Crippen LogP contribution in [-0.4, -0.2) is 41.9 Å². The number of aromatic nitrogens is 1. The number of ether oxygens (including phenoxy) is 1. The number of amides is 1. The third-order valence-corrected chi connectivity index (χ3v) is 4.35. The monoisotopic (exact) mass is 284 g/mol. The van der Waals surface area contributed by atoms with Crippen molar-refractivity contribution in [2.45, 2.75) is 32.2 Å². The van der Waals surface area contributed by atoms with Gasteiger partial charge in [-0.15, -0.1) is 11.3 Å². The van der Waals surface area contributed by atoms with Crippen molar-refractivity contribution in [2.75, 3.05) is 19.8 Å². The first-order valence-electron chi connectivity index (χ1n) is 6.62. The maximum atomic E-state index is 12.1. The molecule has 0 saturated carbocycles. The number of carbonyl (C=O) groups excluding carboxylic acids is 1. The van der Waals surface area contributed by atoms with Crippen molar-refractivity contribution in [1.29, 1.82) is 0 Å². The summed E-state index contributed by atoms with van der Waals surface area (Å²) in [4.78, 5) is 16.9. The molecule has 1 unspecified atom stereocenters. The van der Waals surface area contributed by atoms with E-state index in [9.17, 15) is 4.79 Å². The van der Waals surface area contributed by atoms with E-state index in [0.29, 0.717) is 17.2 Å². The topological polar surface area (TPSA) is 71.5 Å². The molecular formula is C13H20N2O3S. The van der Waals surface area contributed by atoms with Gasteiger partial charge in [0.05, 0.1) is 11.2 Å². The van der Waals surface area contributed by atoms with Crippen LogP contribution in [0.5, 0.6) is 0 Å². The minimum Gasteiger partial charge on any atom is -0.396 e. The van der Waals surface area contributed by atoms with Crippen LogP contribution in [0.15, 0.2) is 6.20 Å². The summed E-state index contributed by atoms with van der Waals surface area (Å²) in [5.41, 5.74) is 0. The van der Waals surface area contributed by atoms with Gasteiger partial charge in [-0.3, -0.25) is 4.79 Å². The lowest BCUT2D eigenvalue weighted by molar-refractivity contribution is 0.0479. The summed E-state index contributed by atoms with van der Waals surface area (Å²) in [5, 5.41) is 13.1. The molecule has 0 spiro atoms. The van der Waals surface area contributed by atoms with Crippen LogP contribution in [0, 0.1) is 12.8 Å². The second kappa shape index (κ2) is 6.98. The molecule has 1 aromatic heterocycles. The first kappa shape index (κ1) is 14.4. The molecule has 1 aliphatic heterocycles. The standard InChI is InChI=1S/C13H20N2O3S/c1-9-14-8-12(19-9)13(17)15-11(2-5-16)10-3-6-18-7-4-10/h8,10-11,16H,2-7H2,1H3,(H,15,17). The average molecular weight is 284 g/mol. The van der Waals surface area contributed by atoms with Gasteiger partial charge in [-0.25, -0.2) is 4.98 Å². The lowest BCUT2D eigenvalue weighted by Gasteiger charge is -2.30. The summed E-state index contributed by atoms with van der Waals surface area (Å²) in [5.74, 6) is 0.300. The lowest BCUT2D eigenvalue weighted by atomic mass is 9.90. The van der Waals surface area contributed by atoms with Crippen LogP contribution in [0.3, 0.4) is 0 Å². The lowest BCUT2D eigenvalue weighted by Crippen LogP contribution is -2.42. The molecule has 1 aromatic rings. The van der Waals surface area contributed by atoms with Crippen molar-refractivity contribution in [3.8, 4) is 0 Å². The molecule has 1 fully saturated rings. The molecule has 2 heterocycles. The van der Waals surface area contributed by atoms with Gasteiger partial charge in [0.15, 0.2) is 0 Å². The van der Waals surface area contributed by atoms with E-state index < -0.39 is 0 Å². The predicted octanol–water partition coefficient (Wildman–Crippen LogP) is 1.36. The maximum Gasteiger partial charge on any atom is 0.263 e. The van der Waals surface area contributed by atoms with Gasteiger partial charge >= 0.3 is 0 Å². The molecular weight excluding hydrogens is 264 g/mol. The van der Waals surface area contributed by atoms with Gasteiger partial charge in [0.25, 0.3) is 5.91 Å². The Hall–Kier alpha value is -0.980. The number of aliphatic hydroxyl groups is 1. The second-order valence-electron chi connectivity index (χ2n) is 4.79. The first-order chi connectivity index (χ1) is 9.20. The highest BCUT2D eigenvalue weighted by atomic mass is 32.1. The highest BCUT2D eigenvalue weighted by molar-refractivity contribution is 7.13. The maximum absolute atomic E-state index is 12.1. The number of hydrogen-bond donors (Lipinski definition) is 2. The van der Waals surface area contributed by atoms with E-state index in [4.69, 9.17) is 9.84 Å². The van der Waals surface area contributed by atoms with E-state index in [-0.39, 0.29) is 18.6 Å². The summed E-state index contributed by atoms with van der Waals surface area (Å²) in [6.45, 7) is 3.44. The van der Waals surface area contributed by atoms with Gasteiger partial charge in [-0.1, -0.05) is 0 Å². The highest BCUT2D eigenvalue weighted by Gasteiger charge is 2.25. The second-order valence-corrected chi connectivity index (χ2v) is 6.02. The van der Waals surface area contributed by atoms with Crippen LogP contribution in [0.4, 0.5) is 0 Å². The Morgan fingerprint density at radius 3 is 2.95 bits per heavy atom. The Labute approximate surface area is 117 Å². The molecule has 1 saturated heterocycles. The van der Waals surface area contributed by atoms with Crippen LogP contribution < -0.4 is 5.32 Å². The Morgan fingerprint density at radius 2 is 2.37 bits per heavy atom.